The minimum absolute atomic E-state index is 0.00157. The summed E-state index contributed by atoms with van der Waals surface area (Å²) in [6.45, 7) is 3.51. The summed E-state index contributed by atoms with van der Waals surface area (Å²) in [4.78, 5) is 34.9. The van der Waals surface area contributed by atoms with E-state index < -0.39 is 35.0 Å². The van der Waals surface area contributed by atoms with Crippen molar-refractivity contribution in [2.45, 2.75) is 33.1 Å². The fourth-order valence-corrected chi connectivity index (χ4v) is 3.90. The zero-order chi connectivity index (χ0) is 13.7. The number of aliphatic carboxylic acids is 2. The molecule has 0 spiro atoms. The van der Waals surface area contributed by atoms with Gasteiger partial charge in [-0.05, 0) is 24.7 Å². The summed E-state index contributed by atoms with van der Waals surface area (Å²) in [5.41, 5.74) is -0.726. The fourth-order valence-electron chi connectivity index (χ4n) is 3.90. The SMILES string of the molecule is CC1(C)C(=O)C(C(=O)O)C(C(=O)O)C2CCCC21. The molecule has 0 saturated heterocycles. The average molecular weight is 254 g/mol. The standard InChI is InChI=1S/C13H18O5/c1-13(2)7-5-3-4-6(7)8(11(15)16)9(10(13)14)12(17)18/h6-9H,3-5H2,1-2H3,(H,15,16)(H,17,18). The van der Waals surface area contributed by atoms with Gasteiger partial charge in [0.05, 0.1) is 5.92 Å². The number of carbonyl (C=O) groups excluding carboxylic acids is 1. The van der Waals surface area contributed by atoms with E-state index in [9.17, 15) is 24.6 Å². The molecule has 0 heterocycles. The van der Waals surface area contributed by atoms with Crippen molar-refractivity contribution in [1.82, 2.24) is 0 Å². The van der Waals surface area contributed by atoms with Crippen LogP contribution in [0.25, 0.3) is 0 Å². The maximum Gasteiger partial charge on any atom is 0.314 e. The molecule has 4 atom stereocenters. The van der Waals surface area contributed by atoms with E-state index in [1.807, 2.05) is 0 Å². The second-order valence-corrected chi connectivity index (χ2v) is 5.97. The second kappa shape index (κ2) is 4.07. The monoisotopic (exact) mass is 254 g/mol. The maximum atomic E-state index is 12.3. The molecule has 0 aromatic carbocycles. The van der Waals surface area contributed by atoms with E-state index in [4.69, 9.17) is 0 Å². The van der Waals surface area contributed by atoms with E-state index in [2.05, 4.69) is 0 Å². The lowest BCUT2D eigenvalue weighted by Crippen LogP contribution is -2.54. The van der Waals surface area contributed by atoms with Gasteiger partial charge in [0, 0.05) is 5.41 Å². The molecule has 0 bridgehead atoms. The Morgan fingerprint density at radius 2 is 1.78 bits per heavy atom. The molecule has 2 saturated carbocycles. The number of carboxylic acids is 2. The normalized spacial score (nSPS) is 38.2. The van der Waals surface area contributed by atoms with Crippen LogP contribution in [0.15, 0.2) is 0 Å². The number of hydrogen-bond acceptors (Lipinski definition) is 3. The summed E-state index contributed by atoms with van der Waals surface area (Å²) in [6.07, 6.45) is 2.41. The van der Waals surface area contributed by atoms with Gasteiger partial charge >= 0.3 is 11.9 Å². The van der Waals surface area contributed by atoms with Gasteiger partial charge in [-0.2, -0.15) is 0 Å². The maximum absolute atomic E-state index is 12.3. The lowest BCUT2D eigenvalue weighted by Gasteiger charge is -2.45. The highest BCUT2D eigenvalue weighted by Crippen LogP contribution is 2.54. The topological polar surface area (TPSA) is 91.7 Å². The summed E-state index contributed by atoms with van der Waals surface area (Å²) in [5.74, 6) is -5.51. The summed E-state index contributed by atoms with van der Waals surface area (Å²) in [7, 11) is 0. The Labute approximate surface area is 105 Å². The summed E-state index contributed by atoms with van der Waals surface area (Å²) in [5, 5.41) is 18.5. The number of carboxylic acid groups (broad SMARTS) is 2. The lowest BCUT2D eigenvalue weighted by atomic mass is 9.56. The predicted molar refractivity (Wildman–Crippen MR) is 61.9 cm³/mol. The van der Waals surface area contributed by atoms with Gasteiger partial charge in [-0.25, -0.2) is 0 Å². The van der Waals surface area contributed by atoms with Crippen LogP contribution >= 0.6 is 0 Å². The van der Waals surface area contributed by atoms with E-state index in [0.29, 0.717) is 6.42 Å². The molecule has 18 heavy (non-hydrogen) atoms. The van der Waals surface area contributed by atoms with Gasteiger partial charge < -0.3 is 10.2 Å². The van der Waals surface area contributed by atoms with Crippen LogP contribution in [0.2, 0.25) is 0 Å². The second-order valence-electron chi connectivity index (χ2n) is 5.97. The Morgan fingerprint density at radius 3 is 2.28 bits per heavy atom. The van der Waals surface area contributed by atoms with Crippen molar-refractivity contribution in [2.24, 2.45) is 29.1 Å². The van der Waals surface area contributed by atoms with Crippen molar-refractivity contribution >= 4 is 17.7 Å². The van der Waals surface area contributed by atoms with Crippen molar-refractivity contribution in [2.75, 3.05) is 0 Å². The Morgan fingerprint density at radius 1 is 1.17 bits per heavy atom. The van der Waals surface area contributed by atoms with Crippen molar-refractivity contribution in [1.29, 1.82) is 0 Å². The van der Waals surface area contributed by atoms with Gasteiger partial charge in [-0.15, -0.1) is 0 Å². The highest BCUT2D eigenvalue weighted by atomic mass is 16.4. The number of ketones is 1. The third-order valence-corrected chi connectivity index (χ3v) is 4.79. The van der Waals surface area contributed by atoms with Crippen LogP contribution < -0.4 is 0 Å². The lowest BCUT2D eigenvalue weighted by molar-refractivity contribution is -0.170. The first-order valence-corrected chi connectivity index (χ1v) is 6.28. The molecular formula is C13H18O5. The molecule has 4 unspecified atom stereocenters. The van der Waals surface area contributed by atoms with Crippen molar-refractivity contribution in [3.63, 3.8) is 0 Å². The van der Waals surface area contributed by atoms with Gasteiger partial charge in [-0.3, -0.25) is 14.4 Å². The first-order chi connectivity index (χ1) is 8.28. The predicted octanol–water partition coefficient (Wildman–Crippen LogP) is 1.41. The van der Waals surface area contributed by atoms with E-state index in [0.717, 1.165) is 12.8 Å². The Hall–Kier alpha value is -1.39. The fraction of sp³-hybridized carbons (Fsp3) is 0.769. The Balaban J connectivity index is 2.48. The molecule has 0 aromatic heterocycles. The van der Waals surface area contributed by atoms with Gasteiger partial charge in [0.15, 0.2) is 5.78 Å². The zero-order valence-electron chi connectivity index (χ0n) is 10.5. The summed E-state index contributed by atoms with van der Waals surface area (Å²) in [6, 6.07) is 0. The number of Topliss-reactive ketones (excluding diaryl/α,β-unsaturated/α-hetero) is 1. The Kier molecular flexibility index (Phi) is 2.95. The van der Waals surface area contributed by atoms with Crippen molar-refractivity contribution in [3.8, 4) is 0 Å². The first-order valence-electron chi connectivity index (χ1n) is 6.28. The van der Waals surface area contributed by atoms with Crippen LogP contribution in [0, 0.1) is 29.1 Å². The van der Waals surface area contributed by atoms with Crippen LogP contribution in [0.5, 0.6) is 0 Å². The van der Waals surface area contributed by atoms with Crippen LogP contribution in [-0.2, 0) is 14.4 Å². The minimum Gasteiger partial charge on any atom is -0.481 e. The molecule has 5 heteroatoms. The molecule has 0 amide bonds. The molecule has 0 radical (unpaired) electrons. The third-order valence-electron chi connectivity index (χ3n) is 4.79. The van der Waals surface area contributed by atoms with E-state index >= 15 is 0 Å². The quantitative estimate of drug-likeness (QED) is 0.727. The molecule has 0 aromatic rings. The van der Waals surface area contributed by atoms with Crippen LogP contribution in [0.3, 0.4) is 0 Å². The van der Waals surface area contributed by atoms with Crippen LogP contribution in [-0.4, -0.2) is 27.9 Å². The molecule has 2 aliphatic carbocycles. The van der Waals surface area contributed by atoms with Crippen molar-refractivity contribution < 1.29 is 24.6 Å². The molecule has 100 valence electrons. The Bertz CT molecular complexity index is 412. The van der Waals surface area contributed by atoms with Crippen LogP contribution in [0.1, 0.15) is 33.1 Å². The largest absolute Gasteiger partial charge is 0.481 e. The molecule has 2 aliphatic rings. The van der Waals surface area contributed by atoms with Crippen molar-refractivity contribution in [3.05, 3.63) is 0 Å². The zero-order valence-corrected chi connectivity index (χ0v) is 10.5. The average Bonchev–Trinajstić information content (AvgIpc) is 2.71. The molecular weight excluding hydrogens is 236 g/mol. The highest BCUT2D eigenvalue weighted by Gasteiger charge is 2.59. The molecule has 2 N–H and O–H groups in total. The number of carbonyl (C=O) groups is 3. The molecule has 2 fully saturated rings. The number of fused-ring (bicyclic) bond motifs is 1. The van der Waals surface area contributed by atoms with Gasteiger partial charge in [0.2, 0.25) is 0 Å². The summed E-state index contributed by atoms with van der Waals surface area (Å²) >= 11 is 0. The number of rotatable bonds is 2. The van der Waals surface area contributed by atoms with Gasteiger partial charge in [-0.1, -0.05) is 20.3 Å². The third kappa shape index (κ3) is 1.64. The smallest absolute Gasteiger partial charge is 0.314 e. The van der Waals surface area contributed by atoms with E-state index in [1.54, 1.807) is 13.8 Å². The van der Waals surface area contributed by atoms with Crippen LogP contribution in [0.4, 0.5) is 0 Å². The number of hydrogen-bond donors (Lipinski definition) is 2. The first kappa shape index (κ1) is 13.1. The minimum atomic E-state index is -1.39. The highest BCUT2D eigenvalue weighted by molar-refractivity contribution is 6.05. The molecule has 2 rings (SSSR count). The summed E-state index contributed by atoms with van der Waals surface area (Å²) < 4.78 is 0. The van der Waals surface area contributed by atoms with Gasteiger partial charge in [0.1, 0.15) is 5.92 Å². The van der Waals surface area contributed by atoms with E-state index in [-0.39, 0.29) is 11.8 Å². The van der Waals surface area contributed by atoms with Gasteiger partial charge in [0.25, 0.3) is 0 Å². The van der Waals surface area contributed by atoms with E-state index in [1.165, 1.54) is 0 Å². The molecule has 5 nitrogen and oxygen atoms in total. The molecule has 0 aliphatic heterocycles.